The highest BCUT2D eigenvalue weighted by atomic mass is 35.5. The van der Waals surface area contributed by atoms with E-state index in [2.05, 4.69) is 5.32 Å². The zero-order valence-corrected chi connectivity index (χ0v) is 10.8. The lowest BCUT2D eigenvalue weighted by molar-refractivity contribution is -0.115. The van der Waals surface area contributed by atoms with Crippen LogP contribution in [-0.4, -0.2) is 26.3 Å². The zero-order chi connectivity index (χ0) is 13.1. The fourth-order valence-electron chi connectivity index (χ4n) is 1.12. The molecule has 0 aliphatic heterocycles. The van der Waals surface area contributed by atoms with Gasteiger partial charge in [0.05, 0.1) is 16.5 Å². The molecule has 3 N–H and O–H groups in total. The van der Waals surface area contributed by atoms with Gasteiger partial charge in [-0.2, -0.15) is 0 Å². The Morgan fingerprint density at radius 3 is 2.65 bits per heavy atom. The van der Waals surface area contributed by atoms with Gasteiger partial charge in [0.1, 0.15) is 9.84 Å². The molecule has 0 unspecified atom stereocenters. The Kier molecular flexibility index (Phi) is 4.36. The molecule has 0 atom stereocenters. The van der Waals surface area contributed by atoms with Crippen molar-refractivity contribution in [2.75, 3.05) is 23.1 Å². The first kappa shape index (κ1) is 13.8. The van der Waals surface area contributed by atoms with Gasteiger partial charge in [-0.15, -0.1) is 0 Å². The third kappa shape index (κ3) is 5.06. The predicted octanol–water partition coefficient (Wildman–Crippen LogP) is 1.30. The summed E-state index contributed by atoms with van der Waals surface area (Å²) in [4.78, 5) is 11.4. The van der Waals surface area contributed by atoms with Gasteiger partial charge in [-0.25, -0.2) is 8.42 Å². The molecule has 1 aromatic carbocycles. The minimum atomic E-state index is -3.14. The van der Waals surface area contributed by atoms with Crippen molar-refractivity contribution in [3.05, 3.63) is 23.2 Å². The number of amides is 1. The summed E-state index contributed by atoms with van der Waals surface area (Å²) in [6, 6.07) is 4.67. The van der Waals surface area contributed by atoms with Gasteiger partial charge >= 0.3 is 0 Å². The van der Waals surface area contributed by atoms with Crippen molar-refractivity contribution >= 4 is 38.7 Å². The van der Waals surface area contributed by atoms with E-state index in [9.17, 15) is 13.2 Å². The fourth-order valence-corrected chi connectivity index (χ4v) is 1.92. The Labute approximate surface area is 105 Å². The average Bonchev–Trinajstić information content (AvgIpc) is 2.18. The van der Waals surface area contributed by atoms with E-state index in [0.29, 0.717) is 16.4 Å². The van der Waals surface area contributed by atoms with Crippen molar-refractivity contribution < 1.29 is 13.2 Å². The van der Waals surface area contributed by atoms with Gasteiger partial charge in [0.25, 0.3) is 0 Å². The largest absolute Gasteiger partial charge is 0.399 e. The number of benzene rings is 1. The summed E-state index contributed by atoms with van der Waals surface area (Å²) in [5, 5.41) is 2.84. The molecule has 7 heteroatoms. The van der Waals surface area contributed by atoms with Crippen LogP contribution >= 0.6 is 11.6 Å². The molecular weight excluding hydrogens is 264 g/mol. The zero-order valence-electron chi connectivity index (χ0n) is 9.23. The fraction of sp³-hybridized carbons (Fsp3) is 0.300. The second-order valence-corrected chi connectivity index (χ2v) is 6.33. The van der Waals surface area contributed by atoms with Gasteiger partial charge in [0.15, 0.2) is 0 Å². The number of rotatable bonds is 4. The SMILES string of the molecule is CS(=O)(=O)CCC(=O)Nc1ccc(N)cc1Cl. The van der Waals surface area contributed by atoms with E-state index < -0.39 is 15.7 Å². The van der Waals surface area contributed by atoms with E-state index in [1.807, 2.05) is 0 Å². The van der Waals surface area contributed by atoms with Gasteiger partial charge < -0.3 is 11.1 Å². The maximum atomic E-state index is 11.4. The first-order chi connectivity index (χ1) is 7.78. The van der Waals surface area contributed by atoms with Crippen molar-refractivity contribution in [3.63, 3.8) is 0 Å². The topological polar surface area (TPSA) is 89.3 Å². The molecule has 0 spiro atoms. The number of carbonyl (C=O) groups excluding carboxylic acids is 1. The van der Waals surface area contributed by atoms with Crippen LogP contribution < -0.4 is 11.1 Å². The first-order valence-corrected chi connectivity index (χ1v) is 7.24. The molecule has 0 aromatic heterocycles. The molecule has 0 radical (unpaired) electrons. The molecule has 0 saturated carbocycles. The predicted molar refractivity (Wildman–Crippen MR) is 68.8 cm³/mol. The van der Waals surface area contributed by atoms with Crippen molar-refractivity contribution in [2.45, 2.75) is 6.42 Å². The number of hydrogen-bond acceptors (Lipinski definition) is 4. The van der Waals surface area contributed by atoms with Crippen LogP contribution in [0.1, 0.15) is 6.42 Å². The van der Waals surface area contributed by atoms with Crippen LogP contribution in [0.3, 0.4) is 0 Å². The highest BCUT2D eigenvalue weighted by Crippen LogP contribution is 2.24. The molecule has 5 nitrogen and oxygen atoms in total. The highest BCUT2D eigenvalue weighted by molar-refractivity contribution is 7.90. The minimum Gasteiger partial charge on any atom is -0.399 e. The third-order valence-electron chi connectivity index (χ3n) is 1.97. The molecular formula is C10H13ClN2O3S. The first-order valence-electron chi connectivity index (χ1n) is 4.80. The Hall–Kier alpha value is -1.27. The van der Waals surface area contributed by atoms with Crippen LogP contribution in [0.2, 0.25) is 5.02 Å². The Morgan fingerprint density at radius 1 is 1.47 bits per heavy atom. The quantitative estimate of drug-likeness (QED) is 0.811. The van der Waals surface area contributed by atoms with E-state index in [0.717, 1.165) is 6.26 Å². The maximum absolute atomic E-state index is 11.4. The van der Waals surface area contributed by atoms with Gasteiger partial charge in [-0.1, -0.05) is 11.6 Å². The molecule has 1 rings (SSSR count). The van der Waals surface area contributed by atoms with Crippen LogP contribution in [0.15, 0.2) is 18.2 Å². The summed E-state index contributed by atoms with van der Waals surface area (Å²) in [6.07, 6.45) is 0.982. The maximum Gasteiger partial charge on any atom is 0.225 e. The number of halogens is 1. The lowest BCUT2D eigenvalue weighted by Gasteiger charge is -2.07. The van der Waals surface area contributed by atoms with Crippen LogP contribution in [0.25, 0.3) is 0 Å². The number of sulfone groups is 1. The number of nitrogens with two attached hydrogens (primary N) is 1. The van der Waals surface area contributed by atoms with Gasteiger partial charge in [-0.3, -0.25) is 4.79 Å². The normalized spacial score (nSPS) is 11.2. The van der Waals surface area contributed by atoms with E-state index >= 15 is 0 Å². The Balaban J connectivity index is 2.62. The molecule has 94 valence electrons. The van der Waals surface area contributed by atoms with Gasteiger partial charge in [0.2, 0.25) is 5.91 Å². The third-order valence-corrected chi connectivity index (χ3v) is 3.23. The molecule has 0 aliphatic carbocycles. The summed E-state index contributed by atoms with van der Waals surface area (Å²) in [6.45, 7) is 0. The van der Waals surface area contributed by atoms with E-state index in [-0.39, 0.29) is 12.2 Å². The summed E-state index contributed by atoms with van der Waals surface area (Å²) in [5.41, 5.74) is 6.40. The smallest absolute Gasteiger partial charge is 0.225 e. The number of nitrogen functional groups attached to an aromatic ring is 1. The molecule has 0 heterocycles. The van der Waals surface area contributed by atoms with Crippen LogP contribution in [0.5, 0.6) is 0 Å². The molecule has 0 fully saturated rings. The van der Waals surface area contributed by atoms with E-state index in [4.69, 9.17) is 17.3 Å². The lowest BCUT2D eigenvalue weighted by atomic mass is 10.3. The van der Waals surface area contributed by atoms with Crippen molar-refractivity contribution in [3.8, 4) is 0 Å². The second kappa shape index (κ2) is 5.37. The molecule has 0 aliphatic rings. The summed E-state index contributed by atoms with van der Waals surface area (Å²) < 4.78 is 21.8. The summed E-state index contributed by atoms with van der Waals surface area (Å²) in [7, 11) is -3.14. The van der Waals surface area contributed by atoms with Crippen LogP contribution in [-0.2, 0) is 14.6 Å². The standard InChI is InChI=1S/C10H13ClN2O3S/c1-17(15,16)5-4-10(14)13-9-3-2-7(12)6-8(9)11/h2-3,6H,4-5,12H2,1H3,(H,13,14). The van der Waals surface area contributed by atoms with E-state index in [1.165, 1.54) is 6.07 Å². The molecule has 0 saturated heterocycles. The second-order valence-electron chi connectivity index (χ2n) is 3.67. The molecule has 0 bridgehead atoms. The number of nitrogens with one attached hydrogen (secondary N) is 1. The molecule has 1 amide bonds. The summed E-state index contributed by atoms with van der Waals surface area (Å²) in [5.74, 6) is -0.590. The average molecular weight is 277 g/mol. The molecule has 17 heavy (non-hydrogen) atoms. The van der Waals surface area contributed by atoms with Crippen LogP contribution in [0.4, 0.5) is 11.4 Å². The molecule has 1 aromatic rings. The van der Waals surface area contributed by atoms with Crippen molar-refractivity contribution in [1.82, 2.24) is 0 Å². The minimum absolute atomic E-state index is 0.0977. The number of anilines is 2. The number of hydrogen-bond donors (Lipinski definition) is 2. The lowest BCUT2D eigenvalue weighted by Crippen LogP contribution is -2.16. The highest BCUT2D eigenvalue weighted by Gasteiger charge is 2.09. The number of carbonyl (C=O) groups is 1. The summed E-state index contributed by atoms with van der Waals surface area (Å²) >= 11 is 5.85. The Morgan fingerprint density at radius 2 is 2.12 bits per heavy atom. The van der Waals surface area contributed by atoms with Crippen molar-refractivity contribution in [1.29, 1.82) is 0 Å². The monoisotopic (exact) mass is 276 g/mol. The Bertz CT molecular complexity index is 528. The van der Waals surface area contributed by atoms with Gasteiger partial charge in [-0.05, 0) is 18.2 Å². The van der Waals surface area contributed by atoms with Gasteiger partial charge in [0, 0.05) is 18.4 Å². The van der Waals surface area contributed by atoms with E-state index in [1.54, 1.807) is 12.1 Å². The van der Waals surface area contributed by atoms with Crippen molar-refractivity contribution in [2.24, 2.45) is 0 Å². The van der Waals surface area contributed by atoms with Crippen LogP contribution in [0, 0.1) is 0 Å².